The van der Waals surface area contributed by atoms with Crippen LogP contribution in [0.5, 0.6) is 0 Å². The van der Waals surface area contributed by atoms with Crippen LogP contribution in [0.4, 0.5) is 23.0 Å². The second-order valence-corrected chi connectivity index (χ2v) is 6.30. The fourth-order valence-corrected chi connectivity index (χ4v) is 2.45. The van der Waals surface area contributed by atoms with Gasteiger partial charge in [-0.15, -0.1) is 0 Å². The van der Waals surface area contributed by atoms with Gasteiger partial charge in [-0.2, -0.15) is 0 Å². The Hall–Kier alpha value is -2.11. The van der Waals surface area contributed by atoms with Crippen LogP contribution in [-0.2, 0) is 0 Å². The quantitative estimate of drug-likeness (QED) is 0.602. The van der Waals surface area contributed by atoms with Gasteiger partial charge in [0.25, 0.3) is 0 Å². The minimum atomic E-state index is 0.684. The third-order valence-electron chi connectivity index (χ3n) is 3.07. The molecule has 0 spiro atoms. The van der Waals surface area contributed by atoms with Crippen molar-refractivity contribution in [2.75, 3.05) is 10.6 Å². The number of aromatic nitrogens is 2. The summed E-state index contributed by atoms with van der Waals surface area (Å²) in [4.78, 5) is 8.82. The monoisotopic (exact) mass is 388 g/mol. The van der Waals surface area contributed by atoms with E-state index in [4.69, 9.17) is 11.6 Å². The molecule has 0 radical (unpaired) electrons. The molecule has 6 heteroatoms. The van der Waals surface area contributed by atoms with Gasteiger partial charge < -0.3 is 10.6 Å². The van der Waals surface area contributed by atoms with Crippen molar-refractivity contribution < 1.29 is 0 Å². The highest BCUT2D eigenvalue weighted by Crippen LogP contribution is 2.22. The minimum absolute atomic E-state index is 0.684. The number of halogens is 2. The maximum absolute atomic E-state index is 5.90. The van der Waals surface area contributed by atoms with Gasteiger partial charge in [0.05, 0.1) is 0 Å². The SMILES string of the molecule is Cc1nc(Nc2ccc(Cl)cc2)cc(Nc2ccc(Br)cc2)n1. The normalized spacial score (nSPS) is 10.4. The highest BCUT2D eigenvalue weighted by atomic mass is 79.9. The molecule has 116 valence electrons. The molecule has 3 aromatic rings. The van der Waals surface area contributed by atoms with E-state index in [1.807, 2.05) is 61.5 Å². The third-order valence-corrected chi connectivity index (χ3v) is 3.85. The van der Waals surface area contributed by atoms with E-state index in [1.54, 1.807) is 0 Å². The van der Waals surface area contributed by atoms with Gasteiger partial charge in [0, 0.05) is 26.9 Å². The van der Waals surface area contributed by atoms with Crippen molar-refractivity contribution in [2.24, 2.45) is 0 Å². The molecular weight excluding hydrogens is 376 g/mol. The van der Waals surface area contributed by atoms with Gasteiger partial charge >= 0.3 is 0 Å². The Balaban J connectivity index is 1.81. The summed E-state index contributed by atoms with van der Waals surface area (Å²) in [6, 6.07) is 17.2. The highest BCUT2D eigenvalue weighted by Gasteiger charge is 2.03. The molecule has 0 unspecified atom stereocenters. The third kappa shape index (κ3) is 4.43. The number of anilines is 4. The van der Waals surface area contributed by atoms with Crippen LogP contribution in [0.25, 0.3) is 0 Å². The summed E-state index contributed by atoms with van der Waals surface area (Å²) in [5.74, 6) is 2.14. The maximum Gasteiger partial charge on any atom is 0.136 e. The van der Waals surface area contributed by atoms with Crippen molar-refractivity contribution in [3.63, 3.8) is 0 Å². The number of nitrogens with zero attached hydrogens (tertiary/aromatic N) is 2. The molecule has 0 atom stereocenters. The Morgan fingerprint density at radius 3 is 1.83 bits per heavy atom. The Labute approximate surface area is 148 Å². The average Bonchev–Trinajstić information content (AvgIpc) is 2.51. The Kier molecular flexibility index (Phi) is 4.79. The zero-order chi connectivity index (χ0) is 16.2. The zero-order valence-corrected chi connectivity index (χ0v) is 14.7. The number of nitrogens with one attached hydrogen (secondary N) is 2. The molecule has 2 N–H and O–H groups in total. The van der Waals surface area contributed by atoms with E-state index >= 15 is 0 Å². The molecule has 0 aliphatic rings. The number of rotatable bonds is 4. The summed E-state index contributed by atoms with van der Waals surface area (Å²) in [6.45, 7) is 1.86. The smallest absolute Gasteiger partial charge is 0.136 e. The zero-order valence-electron chi connectivity index (χ0n) is 12.3. The lowest BCUT2D eigenvalue weighted by Crippen LogP contribution is -2.01. The van der Waals surface area contributed by atoms with Crippen LogP contribution in [0.2, 0.25) is 5.02 Å². The Morgan fingerprint density at radius 2 is 1.30 bits per heavy atom. The second-order valence-electron chi connectivity index (χ2n) is 4.95. The molecule has 0 saturated carbocycles. The van der Waals surface area contributed by atoms with Crippen LogP contribution in [0, 0.1) is 6.92 Å². The van der Waals surface area contributed by atoms with Crippen LogP contribution < -0.4 is 10.6 Å². The van der Waals surface area contributed by atoms with Gasteiger partial charge in [0.15, 0.2) is 0 Å². The van der Waals surface area contributed by atoms with E-state index in [0.717, 1.165) is 27.5 Å². The molecule has 0 aliphatic carbocycles. The molecular formula is C17H14BrClN4. The summed E-state index contributed by atoms with van der Waals surface area (Å²) >= 11 is 9.32. The summed E-state index contributed by atoms with van der Waals surface area (Å²) in [5, 5.41) is 7.23. The summed E-state index contributed by atoms with van der Waals surface area (Å²) in [7, 11) is 0. The van der Waals surface area contributed by atoms with Crippen molar-refractivity contribution in [1.82, 2.24) is 9.97 Å². The van der Waals surface area contributed by atoms with Crippen LogP contribution in [0.3, 0.4) is 0 Å². The number of hydrogen-bond donors (Lipinski definition) is 2. The Morgan fingerprint density at radius 1 is 0.826 bits per heavy atom. The van der Waals surface area contributed by atoms with E-state index in [9.17, 15) is 0 Å². The van der Waals surface area contributed by atoms with Crippen molar-refractivity contribution in [3.8, 4) is 0 Å². The highest BCUT2D eigenvalue weighted by molar-refractivity contribution is 9.10. The van der Waals surface area contributed by atoms with Gasteiger partial charge in [-0.25, -0.2) is 9.97 Å². The van der Waals surface area contributed by atoms with E-state index in [0.29, 0.717) is 10.8 Å². The summed E-state index contributed by atoms with van der Waals surface area (Å²) < 4.78 is 1.03. The molecule has 0 amide bonds. The lowest BCUT2D eigenvalue weighted by atomic mass is 10.3. The van der Waals surface area contributed by atoms with Gasteiger partial charge in [-0.3, -0.25) is 0 Å². The molecule has 0 bridgehead atoms. The van der Waals surface area contributed by atoms with Crippen molar-refractivity contribution >= 4 is 50.5 Å². The van der Waals surface area contributed by atoms with Crippen LogP contribution in [0.1, 0.15) is 5.82 Å². The lowest BCUT2D eigenvalue weighted by Gasteiger charge is -2.10. The fourth-order valence-electron chi connectivity index (χ4n) is 2.06. The molecule has 2 aromatic carbocycles. The lowest BCUT2D eigenvalue weighted by molar-refractivity contribution is 1.06. The molecule has 4 nitrogen and oxygen atoms in total. The maximum atomic E-state index is 5.90. The van der Waals surface area contributed by atoms with E-state index in [-0.39, 0.29) is 0 Å². The number of aryl methyl sites for hydroxylation is 1. The topological polar surface area (TPSA) is 49.8 Å². The summed E-state index contributed by atoms with van der Waals surface area (Å²) in [5.41, 5.74) is 1.88. The van der Waals surface area contributed by atoms with Crippen LogP contribution >= 0.6 is 27.5 Å². The molecule has 0 saturated heterocycles. The van der Waals surface area contributed by atoms with Gasteiger partial charge in [0.2, 0.25) is 0 Å². The first-order valence-corrected chi connectivity index (χ1v) is 8.16. The molecule has 0 fully saturated rings. The predicted octanol–water partition coefficient (Wildman–Crippen LogP) is 5.69. The standard InChI is InChI=1S/C17H14BrClN4/c1-11-20-16(22-14-6-2-12(18)3-7-14)10-17(21-11)23-15-8-4-13(19)5-9-15/h2-10H,1H3,(H2,20,21,22,23). The molecule has 1 heterocycles. The van der Waals surface area contributed by atoms with Crippen molar-refractivity contribution in [1.29, 1.82) is 0 Å². The van der Waals surface area contributed by atoms with E-state index in [2.05, 4.69) is 36.5 Å². The average molecular weight is 390 g/mol. The molecule has 23 heavy (non-hydrogen) atoms. The largest absolute Gasteiger partial charge is 0.340 e. The van der Waals surface area contributed by atoms with E-state index in [1.165, 1.54) is 0 Å². The van der Waals surface area contributed by atoms with Gasteiger partial charge in [-0.05, 0) is 55.5 Å². The van der Waals surface area contributed by atoms with Crippen molar-refractivity contribution in [3.05, 3.63) is 69.9 Å². The first kappa shape index (κ1) is 15.8. The Bertz CT molecular complexity index is 738. The van der Waals surface area contributed by atoms with Crippen LogP contribution in [-0.4, -0.2) is 9.97 Å². The van der Waals surface area contributed by atoms with Crippen molar-refractivity contribution in [2.45, 2.75) is 6.92 Å². The molecule has 1 aromatic heterocycles. The fraction of sp³-hybridized carbons (Fsp3) is 0.0588. The number of hydrogen-bond acceptors (Lipinski definition) is 4. The van der Waals surface area contributed by atoms with E-state index < -0.39 is 0 Å². The number of benzene rings is 2. The first-order valence-electron chi connectivity index (χ1n) is 6.99. The van der Waals surface area contributed by atoms with Crippen LogP contribution in [0.15, 0.2) is 59.1 Å². The molecule has 3 rings (SSSR count). The van der Waals surface area contributed by atoms with Gasteiger partial charge in [-0.1, -0.05) is 27.5 Å². The second kappa shape index (κ2) is 6.98. The summed E-state index contributed by atoms with van der Waals surface area (Å²) in [6.07, 6.45) is 0. The molecule has 0 aliphatic heterocycles. The minimum Gasteiger partial charge on any atom is -0.340 e. The van der Waals surface area contributed by atoms with Gasteiger partial charge in [0.1, 0.15) is 17.5 Å². The predicted molar refractivity (Wildman–Crippen MR) is 98.9 cm³/mol. The first-order chi connectivity index (χ1) is 11.1.